The molecule has 0 atom stereocenters. The van der Waals surface area contributed by atoms with E-state index in [1.165, 1.54) is 0 Å². The first kappa shape index (κ1) is 14.6. The van der Waals surface area contributed by atoms with Gasteiger partial charge in [0.05, 0.1) is 17.2 Å². The minimum atomic E-state index is -0.727. The molecular weight excluding hydrogens is 258 g/mol. The Labute approximate surface area is 118 Å². The molecule has 0 unspecified atom stereocenters. The summed E-state index contributed by atoms with van der Waals surface area (Å²) in [6.45, 7) is 1.97. The fourth-order valence-corrected chi connectivity index (χ4v) is 2.73. The summed E-state index contributed by atoms with van der Waals surface area (Å²) in [6, 6.07) is 0.0722. The monoisotopic (exact) mass is 279 g/mol. The van der Waals surface area contributed by atoms with Gasteiger partial charge in [0.15, 0.2) is 0 Å². The van der Waals surface area contributed by atoms with Crippen molar-refractivity contribution in [3.8, 4) is 0 Å². The first-order valence-electron chi connectivity index (χ1n) is 7.07. The van der Waals surface area contributed by atoms with Gasteiger partial charge in [0.25, 0.3) is 5.91 Å². The van der Waals surface area contributed by atoms with Crippen LogP contribution in [0.2, 0.25) is 0 Å². The Bertz CT molecular complexity index is 502. The van der Waals surface area contributed by atoms with E-state index in [1.807, 2.05) is 6.92 Å². The van der Waals surface area contributed by atoms with Crippen molar-refractivity contribution in [3.63, 3.8) is 0 Å². The van der Waals surface area contributed by atoms with Crippen molar-refractivity contribution in [1.29, 1.82) is 0 Å². The van der Waals surface area contributed by atoms with Gasteiger partial charge >= 0.3 is 5.97 Å². The van der Waals surface area contributed by atoms with Gasteiger partial charge in [0, 0.05) is 19.3 Å². The third kappa shape index (κ3) is 3.18. The van der Waals surface area contributed by atoms with Crippen LogP contribution in [0.15, 0.2) is 6.20 Å². The zero-order valence-corrected chi connectivity index (χ0v) is 11.9. The average Bonchev–Trinajstić information content (AvgIpc) is 2.80. The predicted octanol–water partition coefficient (Wildman–Crippen LogP) is 1.36. The summed E-state index contributed by atoms with van der Waals surface area (Å²) in [7, 11) is 1.80. The van der Waals surface area contributed by atoms with Crippen molar-refractivity contribution in [2.75, 3.05) is 0 Å². The van der Waals surface area contributed by atoms with E-state index >= 15 is 0 Å². The molecule has 1 heterocycles. The molecule has 6 nitrogen and oxygen atoms in total. The number of aliphatic carboxylic acids is 1. The molecule has 0 aliphatic heterocycles. The van der Waals surface area contributed by atoms with Crippen molar-refractivity contribution in [3.05, 3.63) is 17.5 Å². The van der Waals surface area contributed by atoms with Crippen LogP contribution >= 0.6 is 0 Å². The summed E-state index contributed by atoms with van der Waals surface area (Å²) in [6.07, 6.45) is 5.17. The highest BCUT2D eigenvalue weighted by atomic mass is 16.4. The van der Waals surface area contributed by atoms with Gasteiger partial charge in [-0.3, -0.25) is 14.3 Å². The smallest absolute Gasteiger partial charge is 0.306 e. The highest BCUT2D eigenvalue weighted by Crippen LogP contribution is 2.24. The second kappa shape index (κ2) is 6.07. The third-order valence-electron chi connectivity index (χ3n) is 3.90. The second-order valence-corrected chi connectivity index (χ2v) is 5.38. The number of carbonyl (C=O) groups excluding carboxylic acids is 1. The Kier molecular flexibility index (Phi) is 4.42. The van der Waals surface area contributed by atoms with Crippen LogP contribution in [0.4, 0.5) is 0 Å². The van der Waals surface area contributed by atoms with Crippen LogP contribution in [0.3, 0.4) is 0 Å². The van der Waals surface area contributed by atoms with E-state index in [2.05, 4.69) is 10.4 Å². The van der Waals surface area contributed by atoms with Gasteiger partial charge in [-0.15, -0.1) is 0 Å². The number of carboxylic acid groups (broad SMARTS) is 1. The van der Waals surface area contributed by atoms with Gasteiger partial charge in [-0.2, -0.15) is 5.10 Å². The van der Waals surface area contributed by atoms with Gasteiger partial charge in [-0.25, -0.2) is 0 Å². The van der Waals surface area contributed by atoms with Gasteiger partial charge in [-0.1, -0.05) is 6.92 Å². The lowest BCUT2D eigenvalue weighted by Crippen LogP contribution is -2.38. The number of aromatic nitrogens is 2. The van der Waals surface area contributed by atoms with Crippen LogP contribution in [0.25, 0.3) is 0 Å². The number of aryl methyl sites for hydroxylation is 2. The highest BCUT2D eigenvalue weighted by molar-refractivity contribution is 5.95. The van der Waals surface area contributed by atoms with E-state index in [1.54, 1.807) is 17.9 Å². The minimum absolute atomic E-state index is 0.0722. The quantitative estimate of drug-likeness (QED) is 0.871. The maximum absolute atomic E-state index is 12.2. The standard InChI is InChI=1S/C14H21N3O3/c1-3-12-11(8-17(2)16-12)13(18)15-10-6-4-9(5-7-10)14(19)20/h8-10H,3-7H2,1-2H3,(H,15,18)(H,19,20). The fourth-order valence-electron chi connectivity index (χ4n) is 2.73. The highest BCUT2D eigenvalue weighted by Gasteiger charge is 2.27. The van der Waals surface area contributed by atoms with E-state index in [4.69, 9.17) is 5.11 Å². The minimum Gasteiger partial charge on any atom is -0.481 e. The van der Waals surface area contributed by atoms with Gasteiger partial charge < -0.3 is 10.4 Å². The molecule has 0 saturated heterocycles. The zero-order chi connectivity index (χ0) is 14.7. The number of rotatable bonds is 4. The van der Waals surface area contributed by atoms with Crippen LogP contribution in [-0.2, 0) is 18.3 Å². The molecule has 0 radical (unpaired) electrons. The van der Waals surface area contributed by atoms with Crippen molar-refractivity contribution in [2.45, 2.75) is 45.1 Å². The van der Waals surface area contributed by atoms with Crippen molar-refractivity contribution >= 4 is 11.9 Å². The molecule has 1 saturated carbocycles. The Morgan fingerprint density at radius 3 is 2.60 bits per heavy atom. The maximum atomic E-state index is 12.2. The first-order valence-corrected chi connectivity index (χ1v) is 7.07. The molecule has 1 aromatic heterocycles. The summed E-state index contributed by atoms with van der Waals surface area (Å²) in [5.74, 6) is -1.09. The lowest BCUT2D eigenvalue weighted by Gasteiger charge is -2.26. The molecule has 1 aromatic rings. The molecule has 6 heteroatoms. The normalized spacial score (nSPS) is 22.5. The molecular formula is C14H21N3O3. The lowest BCUT2D eigenvalue weighted by atomic mass is 9.86. The second-order valence-electron chi connectivity index (χ2n) is 5.38. The summed E-state index contributed by atoms with van der Waals surface area (Å²) >= 11 is 0. The number of hydrogen-bond donors (Lipinski definition) is 2. The van der Waals surface area contributed by atoms with E-state index in [0.29, 0.717) is 18.4 Å². The number of nitrogens with zero attached hydrogens (tertiary/aromatic N) is 2. The summed E-state index contributed by atoms with van der Waals surface area (Å²) in [5.41, 5.74) is 1.42. The molecule has 1 aliphatic rings. The van der Waals surface area contributed by atoms with Crippen molar-refractivity contribution in [1.82, 2.24) is 15.1 Å². The van der Waals surface area contributed by atoms with E-state index in [0.717, 1.165) is 25.0 Å². The molecule has 1 amide bonds. The van der Waals surface area contributed by atoms with Crippen LogP contribution in [-0.4, -0.2) is 32.8 Å². The van der Waals surface area contributed by atoms with E-state index < -0.39 is 5.97 Å². The molecule has 2 N–H and O–H groups in total. The average molecular weight is 279 g/mol. The number of carboxylic acids is 1. The first-order chi connectivity index (χ1) is 9.51. The molecule has 0 aromatic carbocycles. The van der Waals surface area contributed by atoms with Crippen molar-refractivity contribution in [2.24, 2.45) is 13.0 Å². The number of amides is 1. The Hall–Kier alpha value is -1.85. The Morgan fingerprint density at radius 1 is 1.40 bits per heavy atom. The molecule has 0 bridgehead atoms. The molecule has 1 fully saturated rings. The molecule has 0 spiro atoms. The number of hydrogen-bond acceptors (Lipinski definition) is 3. The SMILES string of the molecule is CCc1nn(C)cc1C(=O)NC1CCC(C(=O)O)CC1. The number of nitrogens with one attached hydrogen (secondary N) is 1. The van der Waals surface area contributed by atoms with Crippen LogP contribution in [0.1, 0.15) is 48.7 Å². The molecule has 1 aliphatic carbocycles. The molecule has 2 rings (SSSR count). The predicted molar refractivity (Wildman–Crippen MR) is 73.4 cm³/mol. The summed E-state index contributed by atoms with van der Waals surface area (Å²) in [5, 5.41) is 16.2. The molecule has 110 valence electrons. The Morgan fingerprint density at radius 2 is 2.05 bits per heavy atom. The third-order valence-corrected chi connectivity index (χ3v) is 3.90. The summed E-state index contributed by atoms with van der Waals surface area (Å²) < 4.78 is 1.65. The van der Waals surface area contributed by atoms with Gasteiger partial charge in [0.1, 0.15) is 0 Å². The van der Waals surface area contributed by atoms with Crippen LogP contribution < -0.4 is 5.32 Å². The fraction of sp³-hybridized carbons (Fsp3) is 0.643. The maximum Gasteiger partial charge on any atom is 0.306 e. The van der Waals surface area contributed by atoms with E-state index in [-0.39, 0.29) is 17.9 Å². The topological polar surface area (TPSA) is 84.2 Å². The van der Waals surface area contributed by atoms with Gasteiger partial charge in [-0.05, 0) is 32.1 Å². The molecule has 20 heavy (non-hydrogen) atoms. The zero-order valence-electron chi connectivity index (χ0n) is 11.9. The summed E-state index contributed by atoms with van der Waals surface area (Å²) in [4.78, 5) is 23.1. The lowest BCUT2D eigenvalue weighted by molar-refractivity contribution is -0.142. The van der Waals surface area contributed by atoms with Crippen LogP contribution in [0.5, 0.6) is 0 Å². The Balaban J connectivity index is 1.94. The number of carbonyl (C=O) groups is 2. The largest absolute Gasteiger partial charge is 0.481 e. The van der Waals surface area contributed by atoms with Crippen LogP contribution in [0, 0.1) is 5.92 Å². The van der Waals surface area contributed by atoms with Gasteiger partial charge in [0.2, 0.25) is 0 Å². The van der Waals surface area contributed by atoms with Crippen molar-refractivity contribution < 1.29 is 14.7 Å². The van der Waals surface area contributed by atoms with E-state index in [9.17, 15) is 9.59 Å².